The monoisotopic (exact) mass is 286 g/mol. The van der Waals surface area contributed by atoms with Gasteiger partial charge in [0.15, 0.2) is 0 Å². The third-order valence-electron chi connectivity index (χ3n) is 3.12. The van der Waals surface area contributed by atoms with Gasteiger partial charge in [-0.15, -0.1) is 0 Å². The zero-order valence-corrected chi connectivity index (χ0v) is 12.6. The highest BCUT2D eigenvalue weighted by Gasteiger charge is 2.12. The molecule has 1 N–H and O–H groups in total. The first-order valence-electron chi connectivity index (χ1n) is 6.57. The van der Waals surface area contributed by atoms with Crippen molar-refractivity contribution in [3.05, 3.63) is 53.0 Å². The van der Waals surface area contributed by atoms with Crippen LogP contribution in [0.1, 0.15) is 34.4 Å². The number of nitrogens with one attached hydrogen (secondary N) is 1. The van der Waals surface area contributed by atoms with Gasteiger partial charge in [0.05, 0.1) is 18.4 Å². The van der Waals surface area contributed by atoms with Gasteiger partial charge in [-0.3, -0.25) is 4.79 Å². The number of hydrogen-bond acceptors (Lipinski definition) is 4. The normalized spacial score (nSPS) is 11.3. The van der Waals surface area contributed by atoms with E-state index in [0.717, 1.165) is 11.3 Å². The summed E-state index contributed by atoms with van der Waals surface area (Å²) < 4.78 is 10.4. The molecule has 0 radical (unpaired) electrons. The van der Waals surface area contributed by atoms with Crippen LogP contribution in [0.5, 0.6) is 5.75 Å². The smallest absolute Gasteiger partial charge is 0.274 e. The van der Waals surface area contributed by atoms with Gasteiger partial charge in [-0.1, -0.05) is 0 Å². The summed E-state index contributed by atoms with van der Waals surface area (Å²) >= 11 is 0. The number of hydrogen-bond donors (Lipinski definition) is 1. The minimum atomic E-state index is -0.280. The van der Waals surface area contributed by atoms with Gasteiger partial charge in [0.1, 0.15) is 17.3 Å². The van der Waals surface area contributed by atoms with E-state index in [4.69, 9.17) is 9.15 Å². The van der Waals surface area contributed by atoms with Crippen LogP contribution in [-0.4, -0.2) is 18.7 Å². The molecule has 0 aliphatic carbocycles. The maximum absolute atomic E-state index is 12.0. The largest absolute Gasteiger partial charge is 0.497 e. The van der Waals surface area contributed by atoms with Crippen LogP contribution in [-0.2, 0) is 0 Å². The molecule has 2 aromatic rings. The molecular weight excluding hydrogens is 268 g/mol. The lowest BCUT2D eigenvalue weighted by Crippen LogP contribution is -2.19. The Labute approximate surface area is 123 Å². The highest BCUT2D eigenvalue weighted by molar-refractivity contribution is 6.01. The number of nitrogens with zero attached hydrogens (tertiary/aromatic N) is 1. The van der Waals surface area contributed by atoms with Crippen molar-refractivity contribution < 1.29 is 13.9 Å². The first-order chi connectivity index (χ1) is 10.0. The van der Waals surface area contributed by atoms with Crippen molar-refractivity contribution in [2.24, 2.45) is 5.10 Å². The van der Waals surface area contributed by atoms with Gasteiger partial charge in [0.2, 0.25) is 0 Å². The molecule has 0 atom stereocenters. The van der Waals surface area contributed by atoms with E-state index >= 15 is 0 Å². The average molecular weight is 286 g/mol. The molecule has 0 aliphatic rings. The third kappa shape index (κ3) is 3.51. The van der Waals surface area contributed by atoms with Gasteiger partial charge in [-0.2, -0.15) is 5.10 Å². The Bertz CT molecular complexity index is 669. The van der Waals surface area contributed by atoms with Crippen LogP contribution in [0.2, 0.25) is 0 Å². The average Bonchev–Trinajstić information content (AvgIpc) is 2.83. The van der Waals surface area contributed by atoms with Crippen molar-refractivity contribution in [2.45, 2.75) is 20.8 Å². The summed E-state index contributed by atoms with van der Waals surface area (Å²) in [7, 11) is 1.62. The summed E-state index contributed by atoms with van der Waals surface area (Å²) in [5.41, 5.74) is 4.66. The van der Waals surface area contributed by atoms with Crippen LogP contribution in [0.25, 0.3) is 0 Å². The van der Waals surface area contributed by atoms with Crippen molar-refractivity contribution in [3.8, 4) is 5.75 Å². The second-order valence-electron chi connectivity index (χ2n) is 4.69. The van der Waals surface area contributed by atoms with E-state index in [1.165, 1.54) is 0 Å². The molecule has 0 bridgehead atoms. The molecule has 1 aromatic heterocycles. The van der Waals surface area contributed by atoms with Crippen LogP contribution in [0.15, 0.2) is 39.9 Å². The Balaban J connectivity index is 2.08. The van der Waals surface area contributed by atoms with E-state index in [9.17, 15) is 4.79 Å². The predicted octanol–water partition coefficient (Wildman–Crippen LogP) is 3.06. The van der Waals surface area contributed by atoms with E-state index in [0.29, 0.717) is 22.8 Å². The molecule has 110 valence electrons. The number of aryl methyl sites for hydroxylation is 2. The van der Waals surface area contributed by atoms with Gasteiger partial charge in [0, 0.05) is 0 Å². The zero-order valence-electron chi connectivity index (χ0n) is 12.6. The van der Waals surface area contributed by atoms with Crippen LogP contribution in [0.3, 0.4) is 0 Å². The molecule has 1 aromatic carbocycles. The first-order valence-corrected chi connectivity index (χ1v) is 6.57. The summed E-state index contributed by atoms with van der Waals surface area (Å²) in [6.45, 7) is 5.38. The molecule has 21 heavy (non-hydrogen) atoms. The van der Waals surface area contributed by atoms with Gasteiger partial charge in [-0.25, -0.2) is 5.43 Å². The first kappa shape index (κ1) is 14.8. The number of furan rings is 1. The number of benzene rings is 1. The fourth-order valence-electron chi connectivity index (χ4n) is 1.95. The second kappa shape index (κ2) is 6.26. The Kier molecular flexibility index (Phi) is 4.42. The summed E-state index contributed by atoms with van der Waals surface area (Å²) in [6.07, 6.45) is 0. The molecule has 2 rings (SSSR count). The molecule has 0 saturated carbocycles. The zero-order chi connectivity index (χ0) is 15.4. The number of ether oxygens (including phenoxy) is 1. The second-order valence-corrected chi connectivity index (χ2v) is 4.69. The molecule has 5 nitrogen and oxygen atoms in total. The van der Waals surface area contributed by atoms with Gasteiger partial charge in [-0.05, 0) is 56.7 Å². The lowest BCUT2D eigenvalue weighted by atomic mass is 10.1. The number of carbonyl (C=O) groups is 1. The highest BCUT2D eigenvalue weighted by Crippen LogP contribution is 2.14. The molecule has 0 spiro atoms. The molecule has 1 amide bonds. The van der Waals surface area contributed by atoms with Crippen molar-refractivity contribution in [1.82, 2.24) is 5.43 Å². The Morgan fingerprint density at radius 3 is 2.43 bits per heavy atom. The van der Waals surface area contributed by atoms with E-state index in [-0.39, 0.29) is 5.91 Å². The summed E-state index contributed by atoms with van der Waals surface area (Å²) in [4.78, 5) is 12.0. The molecule has 0 unspecified atom stereocenters. The number of rotatable bonds is 4. The van der Waals surface area contributed by atoms with Crippen molar-refractivity contribution in [1.29, 1.82) is 0 Å². The maximum Gasteiger partial charge on any atom is 0.274 e. The highest BCUT2D eigenvalue weighted by atomic mass is 16.5. The number of amides is 1. The quantitative estimate of drug-likeness (QED) is 0.694. The molecular formula is C16H18N2O3. The lowest BCUT2D eigenvalue weighted by Gasteiger charge is -2.04. The standard InChI is InChI=1S/C16H18N2O3/c1-10-9-15(12(3)21-10)16(19)18-17-11(2)13-5-7-14(20-4)8-6-13/h5-9H,1-4H3,(H,18,19). The van der Waals surface area contributed by atoms with Gasteiger partial charge in [0.25, 0.3) is 5.91 Å². The molecule has 5 heteroatoms. The summed E-state index contributed by atoms with van der Waals surface area (Å²) in [5, 5.41) is 4.11. The van der Waals surface area contributed by atoms with Crippen LogP contribution < -0.4 is 10.2 Å². The third-order valence-corrected chi connectivity index (χ3v) is 3.12. The van der Waals surface area contributed by atoms with Gasteiger partial charge < -0.3 is 9.15 Å². The van der Waals surface area contributed by atoms with E-state index in [1.807, 2.05) is 31.2 Å². The van der Waals surface area contributed by atoms with Crippen molar-refractivity contribution >= 4 is 11.6 Å². The van der Waals surface area contributed by atoms with Crippen molar-refractivity contribution in [3.63, 3.8) is 0 Å². The summed E-state index contributed by atoms with van der Waals surface area (Å²) in [6, 6.07) is 9.16. The minimum absolute atomic E-state index is 0.280. The number of methoxy groups -OCH3 is 1. The predicted molar refractivity (Wildman–Crippen MR) is 80.9 cm³/mol. The number of hydrazone groups is 1. The Morgan fingerprint density at radius 2 is 1.90 bits per heavy atom. The molecule has 0 aliphatic heterocycles. The van der Waals surface area contributed by atoms with Crippen LogP contribution in [0, 0.1) is 13.8 Å². The topological polar surface area (TPSA) is 63.8 Å². The van der Waals surface area contributed by atoms with Crippen LogP contribution in [0.4, 0.5) is 0 Å². The van der Waals surface area contributed by atoms with Gasteiger partial charge >= 0.3 is 0 Å². The summed E-state index contributed by atoms with van der Waals surface area (Å²) in [5.74, 6) is 1.79. The van der Waals surface area contributed by atoms with E-state index in [1.54, 1.807) is 27.0 Å². The number of carbonyl (C=O) groups excluding carboxylic acids is 1. The fourth-order valence-corrected chi connectivity index (χ4v) is 1.95. The van der Waals surface area contributed by atoms with E-state index in [2.05, 4.69) is 10.5 Å². The molecule has 0 saturated heterocycles. The lowest BCUT2D eigenvalue weighted by molar-refractivity contribution is 0.0953. The van der Waals surface area contributed by atoms with Crippen molar-refractivity contribution in [2.75, 3.05) is 7.11 Å². The fraction of sp³-hybridized carbons (Fsp3) is 0.250. The molecule has 0 fully saturated rings. The maximum atomic E-state index is 12.0. The Morgan fingerprint density at radius 1 is 1.24 bits per heavy atom. The SMILES string of the molecule is COc1ccc(C(C)=NNC(=O)c2cc(C)oc2C)cc1. The molecule has 1 heterocycles. The van der Waals surface area contributed by atoms with Crippen LogP contribution >= 0.6 is 0 Å². The Hall–Kier alpha value is -2.56. The minimum Gasteiger partial charge on any atom is -0.497 e. The van der Waals surface area contributed by atoms with E-state index < -0.39 is 0 Å².